The zero-order chi connectivity index (χ0) is 13.7. The van der Waals surface area contributed by atoms with Gasteiger partial charge in [0.2, 0.25) is 0 Å². The van der Waals surface area contributed by atoms with Crippen molar-refractivity contribution in [1.29, 1.82) is 0 Å². The van der Waals surface area contributed by atoms with E-state index in [1.54, 1.807) is 0 Å². The molecule has 112 valence electrons. The summed E-state index contributed by atoms with van der Waals surface area (Å²) >= 11 is 0. The molecular formula is C17H34N2. The van der Waals surface area contributed by atoms with Gasteiger partial charge >= 0.3 is 0 Å². The molecule has 0 spiro atoms. The van der Waals surface area contributed by atoms with Crippen LogP contribution in [0.15, 0.2) is 0 Å². The van der Waals surface area contributed by atoms with Crippen LogP contribution in [0.5, 0.6) is 0 Å². The molecule has 1 saturated carbocycles. The van der Waals surface area contributed by atoms with Crippen LogP contribution in [-0.4, -0.2) is 37.1 Å². The minimum absolute atomic E-state index is 0.650. The van der Waals surface area contributed by atoms with Crippen molar-refractivity contribution >= 4 is 0 Å². The fourth-order valence-electron chi connectivity index (χ4n) is 4.39. The van der Waals surface area contributed by atoms with E-state index >= 15 is 0 Å². The van der Waals surface area contributed by atoms with Crippen LogP contribution in [0.4, 0.5) is 0 Å². The van der Waals surface area contributed by atoms with Crippen LogP contribution in [0.3, 0.4) is 0 Å². The van der Waals surface area contributed by atoms with Gasteiger partial charge in [0, 0.05) is 19.1 Å². The van der Waals surface area contributed by atoms with Gasteiger partial charge in [0.05, 0.1) is 0 Å². The topological polar surface area (TPSA) is 15.3 Å². The Labute approximate surface area is 120 Å². The van der Waals surface area contributed by atoms with E-state index in [4.69, 9.17) is 0 Å². The number of rotatable bonds is 5. The second kappa shape index (κ2) is 7.08. The molecule has 1 atom stereocenters. The fourth-order valence-corrected chi connectivity index (χ4v) is 4.39. The van der Waals surface area contributed by atoms with Crippen molar-refractivity contribution in [3.05, 3.63) is 0 Å². The van der Waals surface area contributed by atoms with E-state index in [1.807, 2.05) is 0 Å². The molecule has 0 bridgehead atoms. The van der Waals surface area contributed by atoms with Crippen LogP contribution in [0.25, 0.3) is 0 Å². The third-order valence-electron chi connectivity index (χ3n) is 5.12. The maximum absolute atomic E-state index is 3.70. The van der Waals surface area contributed by atoms with E-state index in [-0.39, 0.29) is 0 Å². The van der Waals surface area contributed by atoms with Gasteiger partial charge in [-0.3, -0.25) is 0 Å². The van der Waals surface area contributed by atoms with E-state index in [1.165, 1.54) is 71.1 Å². The molecule has 19 heavy (non-hydrogen) atoms. The van der Waals surface area contributed by atoms with Crippen LogP contribution in [0, 0.1) is 11.3 Å². The average molecular weight is 266 g/mol. The first kappa shape index (κ1) is 15.3. The Morgan fingerprint density at radius 3 is 2.58 bits per heavy atom. The van der Waals surface area contributed by atoms with Gasteiger partial charge in [0.25, 0.3) is 0 Å². The Kier molecular flexibility index (Phi) is 5.70. The molecule has 1 heterocycles. The van der Waals surface area contributed by atoms with Gasteiger partial charge in [-0.25, -0.2) is 0 Å². The Morgan fingerprint density at radius 2 is 1.95 bits per heavy atom. The van der Waals surface area contributed by atoms with E-state index < -0.39 is 0 Å². The van der Waals surface area contributed by atoms with Gasteiger partial charge in [0.1, 0.15) is 0 Å². The second-order valence-electron chi connectivity index (χ2n) is 7.45. The van der Waals surface area contributed by atoms with Crippen molar-refractivity contribution in [3.8, 4) is 0 Å². The smallest absolute Gasteiger partial charge is 0.0192 e. The van der Waals surface area contributed by atoms with Crippen molar-refractivity contribution in [1.82, 2.24) is 10.2 Å². The Balaban J connectivity index is 1.95. The quantitative estimate of drug-likeness (QED) is 0.817. The Hall–Kier alpha value is -0.0800. The molecule has 0 radical (unpaired) electrons. The minimum atomic E-state index is 0.650. The minimum Gasteiger partial charge on any atom is -0.313 e. The van der Waals surface area contributed by atoms with Crippen LogP contribution in [0.1, 0.15) is 65.7 Å². The summed E-state index contributed by atoms with van der Waals surface area (Å²) in [6.45, 7) is 12.3. The molecule has 2 nitrogen and oxygen atoms in total. The zero-order valence-corrected chi connectivity index (χ0v) is 13.4. The molecule has 1 aliphatic carbocycles. The average Bonchev–Trinajstić information content (AvgIpc) is 2.67. The summed E-state index contributed by atoms with van der Waals surface area (Å²) < 4.78 is 0. The standard InChI is InChI=1S/C17H34N2/c1-4-16-13-19(11-7-10-18-16)14-17(12-15(2)3)8-5-6-9-17/h15-16,18H,4-14H2,1-3H3. The third-order valence-corrected chi connectivity index (χ3v) is 5.12. The third kappa shape index (κ3) is 4.46. The van der Waals surface area contributed by atoms with E-state index in [0.717, 1.165) is 12.0 Å². The summed E-state index contributed by atoms with van der Waals surface area (Å²) in [4.78, 5) is 2.78. The van der Waals surface area contributed by atoms with Crippen molar-refractivity contribution in [2.24, 2.45) is 11.3 Å². The lowest BCUT2D eigenvalue weighted by atomic mass is 9.78. The normalized spacial score (nSPS) is 28.7. The number of nitrogens with one attached hydrogen (secondary N) is 1. The highest BCUT2D eigenvalue weighted by molar-refractivity contribution is 4.90. The first-order valence-corrected chi connectivity index (χ1v) is 8.59. The molecule has 2 fully saturated rings. The summed E-state index contributed by atoms with van der Waals surface area (Å²) in [7, 11) is 0. The predicted octanol–water partition coefficient (Wildman–Crippen LogP) is 3.67. The summed E-state index contributed by atoms with van der Waals surface area (Å²) in [5, 5.41) is 3.70. The molecule has 1 unspecified atom stereocenters. The van der Waals surface area contributed by atoms with Crippen LogP contribution in [-0.2, 0) is 0 Å². The van der Waals surface area contributed by atoms with Crippen molar-refractivity contribution in [2.75, 3.05) is 26.2 Å². The number of hydrogen-bond acceptors (Lipinski definition) is 2. The maximum atomic E-state index is 3.70. The summed E-state index contributed by atoms with van der Waals surface area (Å²) in [6, 6.07) is 0.722. The van der Waals surface area contributed by atoms with E-state index in [2.05, 4.69) is 31.0 Å². The zero-order valence-electron chi connectivity index (χ0n) is 13.4. The van der Waals surface area contributed by atoms with Gasteiger partial charge in [-0.05, 0) is 56.5 Å². The van der Waals surface area contributed by atoms with Gasteiger partial charge in [-0.2, -0.15) is 0 Å². The fraction of sp³-hybridized carbons (Fsp3) is 1.00. The lowest BCUT2D eigenvalue weighted by molar-refractivity contribution is 0.126. The highest BCUT2D eigenvalue weighted by Crippen LogP contribution is 2.43. The Morgan fingerprint density at radius 1 is 1.21 bits per heavy atom. The highest BCUT2D eigenvalue weighted by atomic mass is 15.2. The van der Waals surface area contributed by atoms with E-state index in [9.17, 15) is 0 Å². The number of nitrogens with zero attached hydrogens (tertiary/aromatic N) is 1. The van der Waals surface area contributed by atoms with Gasteiger partial charge < -0.3 is 10.2 Å². The SMILES string of the molecule is CCC1CN(CC2(CC(C)C)CCCC2)CCCN1. The first-order valence-electron chi connectivity index (χ1n) is 8.59. The maximum Gasteiger partial charge on any atom is 0.0192 e. The second-order valence-corrected chi connectivity index (χ2v) is 7.45. The molecule has 0 aromatic rings. The molecule has 2 heteroatoms. The van der Waals surface area contributed by atoms with Crippen LogP contribution >= 0.6 is 0 Å². The molecule has 0 aromatic carbocycles. The summed E-state index contributed by atoms with van der Waals surface area (Å²) in [5.41, 5.74) is 0.650. The molecule has 2 rings (SSSR count). The molecular weight excluding hydrogens is 232 g/mol. The van der Waals surface area contributed by atoms with E-state index in [0.29, 0.717) is 5.41 Å². The van der Waals surface area contributed by atoms with Gasteiger partial charge in [0.15, 0.2) is 0 Å². The van der Waals surface area contributed by atoms with Crippen molar-refractivity contribution in [3.63, 3.8) is 0 Å². The number of hydrogen-bond donors (Lipinski definition) is 1. The summed E-state index contributed by atoms with van der Waals surface area (Å²) in [5.74, 6) is 0.852. The van der Waals surface area contributed by atoms with Gasteiger partial charge in [-0.1, -0.05) is 33.6 Å². The molecule has 0 amide bonds. The van der Waals surface area contributed by atoms with Crippen molar-refractivity contribution < 1.29 is 0 Å². The lowest BCUT2D eigenvalue weighted by Gasteiger charge is -2.37. The molecule has 2 aliphatic rings. The highest BCUT2D eigenvalue weighted by Gasteiger charge is 2.36. The lowest BCUT2D eigenvalue weighted by Crippen LogP contribution is -2.42. The van der Waals surface area contributed by atoms with Crippen molar-refractivity contribution in [2.45, 2.75) is 71.8 Å². The molecule has 1 aliphatic heterocycles. The Bertz CT molecular complexity index is 256. The van der Waals surface area contributed by atoms with Crippen LogP contribution in [0.2, 0.25) is 0 Å². The first-order chi connectivity index (χ1) is 9.13. The predicted molar refractivity (Wildman–Crippen MR) is 83.5 cm³/mol. The van der Waals surface area contributed by atoms with Crippen LogP contribution < -0.4 is 5.32 Å². The molecule has 1 N–H and O–H groups in total. The molecule has 1 saturated heterocycles. The largest absolute Gasteiger partial charge is 0.313 e. The monoisotopic (exact) mass is 266 g/mol. The summed E-state index contributed by atoms with van der Waals surface area (Å²) in [6.07, 6.45) is 9.93. The van der Waals surface area contributed by atoms with Gasteiger partial charge in [-0.15, -0.1) is 0 Å². The molecule has 0 aromatic heterocycles.